The molecule has 0 fully saturated rings. The van der Waals surface area contributed by atoms with E-state index in [0.717, 1.165) is 22.2 Å². The molecule has 0 aliphatic carbocycles. The Bertz CT molecular complexity index is 989. The highest BCUT2D eigenvalue weighted by atomic mass is 16.5. The maximum atomic E-state index is 13.4. The summed E-state index contributed by atoms with van der Waals surface area (Å²) in [6, 6.07) is 19.1. The molecule has 0 aliphatic heterocycles. The van der Waals surface area contributed by atoms with E-state index in [9.17, 15) is 9.59 Å². The van der Waals surface area contributed by atoms with Gasteiger partial charge in [-0.15, -0.1) is 0 Å². The Morgan fingerprint density at radius 2 is 1.69 bits per heavy atom. The van der Waals surface area contributed by atoms with Crippen LogP contribution < -0.4 is 0 Å². The van der Waals surface area contributed by atoms with Crippen LogP contribution in [0.5, 0.6) is 0 Å². The highest BCUT2D eigenvalue weighted by Crippen LogP contribution is 2.26. The summed E-state index contributed by atoms with van der Waals surface area (Å²) in [4.78, 5) is 31.4. The lowest BCUT2D eigenvalue weighted by molar-refractivity contribution is -0.140. The van der Waals surface area contributed by atoms with Crippen molar-refractivity contribution < 1.29 is 19.1 Å². The fourth-order valence-corrected chi connectivity index (χ4v) is 3.12. The Hall–Kier alpha value is -3.25. The van der Waals surface area contributed by atoms with Crippen molar-refractivity contribution in [1.29, 1.82) is 0 Å². The van der Waals surface area contributed by atoms with Crippen LogP contribution >= 0.6 is 0 Å². The monoisotopic (exact) mass is 392 g/mol. The molecule has 0 bridgehead atoms. The SMILES string of the molecule is COCCN(CCC(=O)OC)C(=O)c1cc(-c2ccccc2)nc2ccccc12. The number of carbonyl (C=O) groups excluding carboxylic acids is 2. The second-order valence-electron chi connectivity index (χ2n) is 6.55. The van der Waals surface area contributed by atoms with Crippen molar-refractivity contribution in [1.82, 2.24) is 9.88 Å². The highest BCUT2D eigenvalue weighted by molar-refractivity contribution is 6.07. The predicted molar refractivity (Wildman–Crippen MR) is 112 cm³/mol. The van der Waals surface area contributed by atoms with Crippen molar-refractivity contribution in [2.24, 2.45) is 0 Å². The summed E-state index contributed by atoms with van der Waals surface area (Å²) in [5.74, 6) is -0.522. The summed E-state index contributed by atoms with van der Waals surface area (Å²) in [7, 11) is 2.92. The van der Waals surface area contributed by atoms with Crippen molar-refractivity contribution in [3.05, 3.63) is 66.2 Å². The molecule has 0 unspecified atom stereocenters. The van der Waals surface area contributed by atoms with Crippen molar-refractivity contribution >= 4 is 22.8 Å². The van der Waals surface area contributed by atoms with E-state index < -0.39 is 0 Å². The molecule has 0 saturated carbocycles. The first-order valence-corrected chi connectivity index (χ1v) is 9.44. The molecule has 1 amide bonds. The number of nitrogens with zero attached hydrogens (tertiary/aromatic N) is 2. The van der Waals surface area contributed by atoms with Crippen molar-refractivity contribution in [3.63, 3.8) is 0 Å². The molecule has 6 heteroatoms. The zero-order chi connectivity index (χ0) is 20.6. The van der Waals surface area contributed by atoms with Gasteiger partial charge in [0.05, 0.1) is 36.9 Å². The number of hydrogen-bond donors (Lipinski definition) is 0. The Morgan fingerprint density at radius 1 is 0.966 bits per heavy atom. The molecule has 1 heterocycles. The predicted octanol–water partition coefficient (Wildman–Crippen LogP) is 3.55. The van der Waals surface area contributed by atoms with E-state index in [-0.39, 0.29) is 24.8 Å². The summed E-state index contributed by atoms with van der Waals surface area (Å²) >= 11 is 0. The molecule has 0 atom stereocenters. The first kappa shape index (κ1) is 20.5. The molecule has 150 valence electrons. The maximum Gasteiger partial charge on any atom is 0.307 e. The number of carbonyl (C=O) groups is 2. The number of para-hydroxylation sites is 1. The van der Waals surface area contributed by atoms with Gasteiger partial charge in [0.15, 0.2) is 0 Å². The third-order valence-electron chi connectivity index (χ3n) is 4.68. The maximum absolute atomic E-state index is 13.4. The number of amides is 1. The van der Waals surface area contributed by atoms with Crippen LogP contribution in [-0.2, 0) is 14.3 Å². The molecule has 3 rings (SSSR count). The number of fused-ring (bicyclic) bond motifs is 1. The number of pyridine rings is 1. The highest BCUT2D eigenvalue weighted by Gasteiger charge is 2.21. The number of ether oxygens (including phenoxy) is 2. The van der Waals surface area contributed by atoms with Crippen LogP contribution in [0.15, 0.2) is 60.7 Å². The molecule has 0 saturated heterocycles. The Balaban J connectivity index is 2.02. The van der Waals surface area contributed by atoms with Gasteiger partial charge in [-0.05, 0) is 12.1 Å². The van der Waals surface area contributed by atoms with Gasteiger partial charge in [-0.1, -0.05) is 48.5 Å². The van der Waals surface area contributed by atoms with E-state index in [1.165, 1.54) is 7.11 Å². The lowest BCUT2D eigenvalue weighted by Gasteiger charge is -2.23. The van der Waals surface area contributed by atoms with E-state index in [1.807, 2.05) is 60.7 Å². The summed E-state index contributed by atoms with van der Waals surface area (Å²) in [6.45, 7) is 1.01. The van der Waals surface area contributed by atoms with Gasteiger partial charge in [0.1, 0.15) is 0 Å². The van der Waals surface area contributed by atoms with E-state index in [2.05, 4.69) is 0 Å². The molecule has 0 aliphatic rings. The summed E-state index contributed by atoms with van der Waals surface area (Å²) < 4.78 is 9.87. The smallest absolute Gasteiger partial charge is 0.307 e. The number of methoxy groups -OCH3 is 2. The Labute approximate surface area is 170 Å². The molecule has 0 spiro atoms. The first-order valence-electron chi connectivity index (χ1n) is 9.44. The standard InChI is InChI=1S/C23H24N2O4/c1-28-15-14-25(13-12-22(26)29-2)23(27)19-16-21(17-8-4-3-5-9-17)24-20-11-7-6-10-18(19)20/h3-11,16H,12-15H2,1-2H3. The topological polar surface area (TPSA) is 68.7 Å². The quantitative estimate of drug-likeness (QED) is 0.549. The number of hydrogen-bond acceptors (Lipinski definition) is 5. The van der Waals surface area contributed by atoms with Gasteiger partial charge in [-0.25, -0.2) is 4.98 Å². The van der Waals surface area contributed by atoms with Gasteiger partial charge in [0.25, 0.3) is 5.91 Å². The second-order valence-corrected chi connectivity index (χ2v) is 6.55. The van der Waals surface area contributed by atoms with Crippen LogP contribution in [0.1, 0.15) is 16.8 Å². The fraction of sp³-hybridized carbons (Fsp3) is 0.261. The molecule has 3 aromatic rings. The number of benzene rings is 2. The summed E-state index contributed by atoms with van der Waals surface area (Å²) in [6.07, 6.45) is 0.126. The minimum absolute atomic E-state index is 0.126. The molecule has 0 N–H and O–H groups in total. The number of rotatable bonds is 8. The van der Waals surface area contributed by atoms with Crippen LogP contribution in [0.25, 0.3) is 22.2 Å². The Morgan fingerprint density at radius 3 is 2.41 bits per heavy atom. The van der Waals surface area contributed by atoms with Crippen LogP contribution in [0.4, 0.5) is 0 Å². The van der Waals surface area contributed by atoms with E-state index >= 15 is 0 Å². The fourth-order valence-electron chi connectivity index (χ4n) is 3.12. The van der Waals surface area contributed by atoms with E-state index in [1.54, 1.807) is 12.0 Å². The van der Waals surface area contributed by atoms with Crippen LogP contribution in [0, 0.1) is 0 Å². The average molecular weight is 392 g/mol. The van der Waals surface area contributed by atoms with Gasteiger partial charge >= 0.3 is 5.97 Å². The van der Waals surface area contributed by atoms with Gasteiger partial charge in [0.2, 0.25) is 0 Å². The lowest BCUT2D eigenvalue weighted by atomic mass is 10.0. The van der Waals surface area contributed by atoms with Gasteiger partial charge in [-0.2, -0.15) is 0 Å². The van der Waals surface area contributed by atoms with Crippen molar-refractivity contribution in [3.8, 4) is 11.3 Å². The zero-order valence-corrected chi connectivity index (χ0v) is 16.6. The molecular weight excluding hydrogens is 368 g/mol. The Kier molecular flexibility index (Phi) is 6.92. The zero-order valence-electron chi connectivity index (χ0n) is 16.6. The molecule has 0 radical (unpaired) electrons. The summed E-state index contributed by atoms with van der Waals surface area (Å²) in [5, 5.41) is 0.776. The average Bonchev–Trinajstić information content (AvgIpc) is 2.78. The van der Waals surface area contributed by atoms with Crippen LogP contribution in [0.2, 0.25) is 0 Å². The van der Waals surface area contributed by atoms with Crippen LogP contribution in [0.3, 0.4) is 0 Å². The largest absolute Gasteiger partial charge is 0.469 e. The van der Waals surface area contributed by atoms with Gasteiger partial charge < -0.3 is 14.4 Å². The van der Waals surface area contributed by atoms with E-state index in [4.69, 9.17) is 14.5 Å². The molecular formula is C23H24N2O4. The summed E-state index contributed by atoms with van der Waals surface area (Å²) in [5.41, 5.74) is 2.96. The minimum atomic E-state index is -0.357. The van der Waals surface area contributed by atoms with Crippen molar-refractivity contribution in [2.45, 2.75) is 6.42 Å². The molecule has 29 heavy (non-hydrogen) atoms. The van der Waals surface area contributed by atoms with Gasteiger partial charge in [-0.3, -0.25) is 9.59 Å². The van der Waals surface area contributed by atoms with E-state index in [0.29, 0.717) is 18.7 Å². The minimum Gasteiger partial charge on any atom is -0.469 e. The number of esters is 1. The lowest BCUT2D eigenvalue weighted by Crippen LogP contribution is -2.36. The molecule has 2 aromatic carbocycles. The first-order chi connectivity index (χ1) is 14.1. The molecule has 1 aromatic heterocycles. The van der Waals surface area contributed by atoms with Crippen molar-refractivity contribution in [2.75, 3.05) is 33.9 Å². The third-order valence-corrected chi connectivity index (χ3v) is 4.68. The van der Waals surface area contributed by atoms with Crippen LogP contribution in [-0.4, -0.2) is 55.7 Å². The number of aromatic nitrogens is 1. The second kappa shape index (κ2) is 9.80. The molecule has 6 nitrogen and oxygen atoms in total. The third kappa shape index (κ3) is 4.97. The normalized spacial score (nSPS) is 10.7. The van der Waals surface area contributed by atoms with Gasteiger partial charge in [0, 0.05) is 31.1 Å².